The largest absolute Gasteiger partial charge is 0.507 e. The van der Waals surface area contributed by atoms with Gasteiger partial charge < -0.3 is 24.6 Å². The third-order valence-corrected chi connectivity index (χ3v) is 4.83. The van der Waals surface area contributed by atoms with Crippen molar-refractivity contribution in [3.8, 4) is 17.2 Å². The molecule has 0 fully saturated rings. The Morgan fingerprint density at radius 1 is 0.969 bits per heavy atom. The number of carboxylic acids is 1. The van der Waals surface area contributed by atoms with Gasteiger partial charge in [0.2, 0.25) is 5.75 Å². The SMILES string of the molecule is C=C(C(=O)OC)c1ccc(OOCCCCCCc2ccc(O)c(C(=O)O)c2)c(OC)c1. The van der Waals surface area contributed by atoms with Crippen LogP contribution in [0.3, 0.4) is 0 Å². The molecule has 2 N–H and O–H groups in total. The van der Waals surface area contributed by atoms with E-state index in [4.69, 9.17) is 19.6 Å². The van der Waals surface area contributed by atoms with Gasteiger partial charge in [-0.15, -0.1) is 0 Å². The summed E-state index contributed by atoms with van der Waals surface area (Å²) in [6.45, 7) is 4.10. The van der Waals surface area contributed by atoms with E-state index in [2.05, 4.69) is 11.3 Å². The second kappa shape index (κ2) is 12.4. The molecule has 172 valence electrons. The Labute approximate surface area is 186 Å². The third-order valence-electron chi connectivity index (χ3n) is 4.83. The van der Waals surface area contributed by atoms with Gasteiger partial charge in [0.15, 0.2) is 5.75 Å². The van der Waals surface area contributed by atoms with Crippen LogP contribution in [0, 0.1) is 0 Å². The lowest BCUT2D eigenvalue weighted by molar-refractivity contribution is -0.208. The lowest BCUT2D eigenvalue weighted by Crippen LogP contribution is -2.04. The number of aromatic hydroxyl groups is 1. The summed E-state index contributed by atoms with van der Waals surface area (Å²) in [5.74, 6) is -1.10. The van der Waals surface area contributed by atoms with Crippen LogP contribution in [0.5, 0.6) is 17.2 Å². The van der Waals surface area contributed by atoms with Crippen LogP contribution in [0.1, 0.15) is 47.2 Å². The average molecular weight is 444 g/mol. The molecule has 8 nitrogen and oxygen atoms in total. The van der Waals surface area contributed by atoms with Crippen LogP contribution in [0.4, 0.5) is 0 Å². The number of unbranched alkanes of at least 4 members (excludes halogenated alkanes) is 3. The number of hydrogen-bond acceptors (Lipinski definition) is 7. The molecule has 2 aromatic carbocycles. The van der Waals surface area contributed by atoms with Crippen molar-refractivity contribution in [2.75, 3.05) is 20.8 Å². The van der Waals surface area contributed by atoms with Crippen LogP contribution in [-0.4, -0.2) is 43.0 Å². The number of carboxylic acid groups (broad SMARTS) is 1. The van der Waals surface area contributed by atoms with Crippen molar-refractivity contribution < 1.29 is 39.1 Å². The Kier molecular flexibility index (Phi) is 9.56. The summed E-state index contributed by atoms with van der Waals surface area (Å²) in [6.07, 6.45) is 4.28. The van der Waals surface area contributed by atoms with Gasteiger partial charge in [-0.3, -0.25) is 0 Å². The predicted molar refractivity (Wildman–Crippen MR) is 118 cm³/mol. The molecule has 0 atom stereocenters. The van der Waals surface area contributed by atoms with E-state index in [1.807, 2.05) is 0 Å². The maximum Gasteiger partial charge on any atom is 0.339 e. The fraction of sp³-hybridized carbons (Fsp3) is 0.333. The minimum atomic E-state index is -1.14. The van der Waals surface area contributed by atoms with Gasteiger partial charge in [-0.25, -0.2) is 9.59 Å². The normalized spacial score (nSPS) is 10.4. The van der Waals surface area contributed by atoms with Crippen LogP contribution in [0.2, 0.25) is 0 Å². The summed E-state index contributed by atoms with van der Waals surface area (Å²) in [5.41, 5.74) is 1.58. The molecule has 0 unspecified atom stereocenters. The number of rotatable bonds is 13. The van der Waals surface area contributed by atoms with Gasteiger partial charge in [0.1, 0.15) is 11.3 Å². The first-order valence-electron chi connectivity index (χ1n) is 10.2. The van der Waals surface area contributed by atoms with Crippen LogP contribution >= 0.6 is 0 Å². The monoisotopic (exact) mass is 444 g/mol. The lowest BCUT2D eigenvalue weighted by Gasteiger charge is -2.11. The van der Waals surface area contributed by atoms with Crippen molar-refractivity contribution >= 4 is 17.5 Å². The lowest BCUT2D eigenvalue weighted by atomic mass is 10.0. The number of hydrogen-bond donors (Lipinski definition) is 2. The van der Waals surface area contributed by atoms with E-state index in [-0.39, 0.29) is 16.9 Å². The second-order valence-corrected chi connectivity index (χ2v) is 7.06. The van der Waals surface area contributed by atoms with Crippen LogP contribution in [0.25, 0.3) is 5.57 Å². The Balaban J connectivity index is 1.70. The zero-order valence-electron chi connectivity index (χ0n) is 18.3. The van der Waals surface area contributed by atoms with E-state index in [0.29, 0.717) is 23.7 Å². The van der Waals surface area contributed by atoms with Gasteiger partial charge >= 0.3 is 11.9 Å². The molecule has 0 aromatic heterocycles. The quantitative estimate of drug-likeness (QED) is 0.154. The molecule has 0 aliphatic carbocycles. The van der Waals surface area contributed by atoms with E-state index >= 15 is 0 Å². The zero-order chi connectivity index (χ0) is 23.5. The van der Waals surface area contributed by atoms with Gasteiger partial charge in [0.25, 0.3) is 0 Å². The number of phenols is 1. The molecule has 0 amide bonds. The van der Waals surface area contributed by atoms with Crippen molar-refractivity contribution in [1.29, 1.82) is 0 Å². The number of methoxy groups -OCH3 is 2. The van der Waals surface area contributed by atoms with E-state index in [1.54, 1.807) is 24.3 Å². The first-order valence-corrected chi connectivity index (χ1v) is 10.2. The van der Waals surface area contributed by atoms with Gasteiger partial charge in [-0.1, -0.05) is 31.6 Å². The summed E-state index contributed by atoms with van der Waals surface area (Å²) < 4.78 is 9.95. The highest BCUT2D eigenvalue weighted by Crippen LogP contribution is 2.31. The van der Waals surface area contributed by atoms with Crippen LogP contribution < -0.4 is 9.62 Å². The number of aryl methyl sites for hydroxylation is 1. The molecule has 0 heterocycles. The Morgan fingerprint density at radius 3 is 2.41 bits per heavy atom. The summed E-state index contributed by atoms with van der Waals surface area (Å²) in [7, 11) is 2.78. The summed E-state index contributed by atoms with van der Waals surface area (Å²) >= 11 is 0. The Bertz CT molecular complexity index is 951. The first kappa shape index (κ1) is 24.7. The van der Waals surface area contributed by atoms with Crippen molar-refractivity contribution in [2.24, 2.45) is 0 Å². The molecular weight excluding hydrogens is 416 g/mol. The molecule has 0 radical (unpaired) electrons. The molecule has 0 bridgehead atoms. The molecule has 0 aliphatic heterocycles. The first-order chi connectivity index (χ1) is 15.4. The molecular formula is C24H28O8. The van der Waals surface area contributed by atoms with E-state index < -0.39 is 11.9 Å². The van der Waals surface area contributed by atoms with Crippen LogP contribution in [0.15, 0.2) is 43.0 Å². The molecule has 0 aliphatic rings. The number of carbonyl (C=O) groups excluding carboxylic acids is 1. The molecule has 0 spiro atoms. The number of ether oxygens (including phenoxy) is 2. The van der Waals surface area contributed by atoms with Gasteiger partial charge in [-0.2, -0.15) is 4.89 Å². The molecule has 8 heteroatoms. The fourth-order valence-corrected chi connectivity index (χ4v) is 3.02. The highest BCUT2D eigenvalue weighted by atomic mass is 17.2. The smallest absolute Gasteiger partial charge is 0.339 e. The molecule has 32 heavy (non-hydrogen) atoms. The fourth-order valence-electron chi connectivity index (χ4n) is 3.02. The molecule has 2 aromatic rings. The van der Waals surface area contributed by atoms with Crippen molar-refractivity contribution in [2.45, 2.75) is 32.1 Å². The topological polar surface area (TPSA) is 112 Å². The maximum absolute atomic E-state index is 11.6. The molecule has 0 saturated heterocycles. The third kappa shape index (κ3) is 7.02. The number of esters is 1. The van der Waals surface area contributed by atoms with Crippen molar-refractivity contribution in [3.05, 3.63) is 59.7 Å². The standard InChI is InChI=1S/C24H28O8/c1-16(24(28)30-3)18-10-12-21(22(15-18)29-2)32-31-13-7-5-4-6-8-17-9-11-20(25)19(14-17)23(26)27/h9-12,14-15,25H,1,4-8,13H2,2-3H3,(H,26,27). The second-order valence-electron chi connectivity index (χ2n) is 7.06. The van der Waals surface area contributed by atoms with Crippen molar-refractivity contribution in [1.82, 2.24) is 0 Å². The van der Waals surface area contributed by atoms with Crippen LogP contribution in [-0.2, 0) is 20.8 Å². The minimum Gasteiger partial charge on any atom is -0.507 e. The summed E-state index contributed by atoms with van der Waals surface area (Å²) in [6, 6.07) is 9.57. The Hall–Kier alpha value is -3.52. The number of carbonyl (C=O) groups is 2. The van der Waals surface area contributed by atoms with Gasteiger partial charge in [-0.05, 0) is 54.7 Å². The molecule has 0 saturated carbocycles. The Morgan fingerprint density at radius 2 is 1.72 bits per heavy atom. The van der Waals surface area contributed by atoms with E-state index in [9.17, 15) is 14.7 Å². The summed E-state index contributed by atoms with van der Waals surface area (Å²) in [4.78, 5) is 33.2. The van der Waals surface area contributed by atoms with Crippen molar-refractivity contribution in [3.63, 3.8) is 0 Å². The highest BCUT2D eigenvalue weighted by Gasteiger charge is 2.14. The number of aromatic carboxylic acids is 1. The average Bonchev–Trinajstić information content (AvgIpc) is 2.80. The van der Waals surface area contributed by atoms with Gasteiger partial charge in [0.05, 0.1) is 26.4 Å². The predicted octanol–water partition coefficient (Wildman–Crippen LogP) is 4.40. The maximum atomic E-state index is 11.6. The van der Waals surface area contributed by atoms with E-state index in [1.165, 1.54) is 26.4 Å². The molecule has 2 rings (SSSR count). The summed E-state index contributed by atoms with van der Waals surface area (Å²) in [5, 5.41) is 18.6. The number of benzene rings is 2. The van der Waals surface area contributed by atoms with Gasteiger partial charge in [0, 0.05) is 0 Å². The zero-order valence-corrected chi connectivity index (χ0v) is 18.3. The van der Waals surface area contributed by atoms with E-state index in [0.717, 1.165) is 37.7 Å². The minimum absolute atomic E-state index is 0.0777. The highest BCUT2D eigenvalue weighted by molar-refractivity contribution is 6.15.